The van der Waals surface area contributed by atoms with E-state index in [1.807, 2.05) is 12.1 Å². The number of aryl methyl sites for hydroxylation is 1. The Labute approximate surface area is 171 Å². The zero-order chi connectivity index (χ0) is 20.1. The van der Waals surface area contributed by atoms with Crippen LogP contribution in [0, 0.1) is 12.3 Å². The van der Waals surface area contributed by atoms with Crippen LogP contribution in [0.5, 0.6) is 5.75 Å². The molecule has 2 aromatic carbocycles. The Hall–Kier alpha value is -2.24. The number of ether oxygens (including phenoxy) is 1. The number of nitrogens with one attached hydrogen (secondary N) is 1. The van der Waals surface area contributed by atoms with Gasteiger partial charge in [0, 0.05) is 23.5 Å². The monoisotopic (exact) mass is 402 g/mol. The highest BCUT2D eigenvalue weighted by molar-refractivity contribution is 6.31. The van der Waals surface area contributed by atoms with E-state index in [1.165, 1.54) is 11.1 Å². The molecule has 1 saturated heterocycles. The Morgan fingerprint density at radius 3 is 2.82 bits per heavy atom. The molecule has 0 radical (unpaired) electrons. The van der Waals surface area contributed by atoms with E-state index in [4.69, 9.17) is 16.3 Å². The van der Waals surface area contributed by atoms with Gasteiger partial charge in [-0.2, -0.15) is 0 Å². The van der Waals surface area contributed by atoms with Gasteiger partial charge in [0.25, 0.3) is 0 Å². The van der Waals surface area contributed by atoms with Crippen LogP contribution in [0.3, 0.4) is 0 Å². The number of urea groups is 1. The summed E-state index contributed by atoms with van der Waals surface area (Å²) in [6.07, 6.45) is 2.50. The molecule has 1 heterocycles. The van der Waals surface area contributed by atoms with Gasteiger partial charge in [0.1, 0.15) is 5.75 Å². The summed E-state index contributed by atoms with van der Waals surface area (Å²) in [5, 5.41) is 13.6. The van der Waals surface area contributed by atoms with Crippen LogP contribution < -0.4 is 10.1 Å². The number of carbonyl (C=O) groups excluding carboxylic acids is 1. The maximum absolute atomic E-state index is 12.9. The number of piperidine rings is 1. The van der Waals surface area contributed by atoms with Crippen LogP contribution in [0.2, 0.25) is 5.02 Å². The molecule has 0 saturated carbocycles. The third-order valence-electron chi connectivity index (χ3n) is 5.51. The average Bonchev–Trinajstić information content (AvgIpc) is 2.70. The minimum absolute atomic E-state index is 0.0472. The van der Waals surface area contributed by atoms with E-state index in [-0.39, 0.29) is 18.1 Å². The third kappa shape index (κ3) is 4.59. The zero-order valence-corrected chi connectivity index (χ0v) is 17.1. The van der Waals surface area contributed by atoms with Gasteiger partial charge in [-0.3, -0.25) is 0 Å². The quantitative estimate of drug-likeness (QED) is 0.773. The van der Waals surface area contributed by atoms with Gasteiger partial charge < -0.3 is 20.1 Å². The number of rotatable bonds is 5. The van der Waals surface area contributed by atoms with Crippen molar-refractivity contribution in [1.29, 1.82) is 0 Å². The van der Waals surface area contributed by atoms with E-state index >= 15 is 0 Å². The third-order valence-corrected chi connectivity index (χ3v) is 5.75. The normalized spacial score (nSPS) is 19.4. The van der Waals surface area contributed by atoms with Crippen LogP contribution in [0.4, 0.5) is 10.5 Å². The van der Waals surface area contributed by atoms with Crippen LogP contribution >= 0.6 is 11.6 Å². The number of hydrogen-bond acceptors (Lipinski definition) is 3. The van der Waals surface area contributed by atoms with Crippen molar-refractivity contribution in [2.45, 2.75) is 26.2 Å². The second-order valence-electron chi connectivity index (χ2n) is 7.56. The van der Waals surface area contributed by atoms with E-state index in [1.54, 1.807) is 30.2 Å². The number of halogens is 1. The van der Waals surface area contributed by atoms with E-state index in [0.717, 1.165) is 19.3 Å². The van der Waals surface area contributed by atoms with E-state index in [9.17, 15) is 9.90 Å². The molecule has 0 aliphatic carbocycles. The molecule has 1 aliphatic rings. The van der Waals surface area contributed by atoms with Crippen molar-refractivity contribution in [3.63, 3.8) is 0 Å². The summed E-state index contributed by atoms with van der Waals surface area (Å²) in [6.45, 7) is 3.29. The largest absolute Gasteiger partial charge is 0.495 e. The van der Waals surface area contributed by atoms with Crippen molar-refractivity contribution in [2.24, 2.45) is 5.41 Å². The van der Waals surface area contributed by atoms with Crippen LogP contribution in [0.15, 0.2) is 42.5 Å². The lowest BCUT2D eigenvalue weighted by Gasteiger charge is -2.42. The standard InChI is InChI=1S/C22H27ClN2O3/c1-16-6-3-4-7-17(16)13-22(15-26)10-5-11-25(14-22)21(27)24-19-12-18(23)8-9-20(19)28-2/h3-4,6-9,12,26H,5,10-11,13-15H2,1-2H3,(H,24,27). The predicted octanol–water partition coefficient (Wildman–Crippen LogP) is 4.51. The van der Waals surface area contributed by atoms with Crippen molar-refractivity contribution in [2.75, 3.05) is 32.1 Å². The Morgan fingerprint density at radius 2 is 2.11 bits per heavy atom. The van der Waals surface area contributed by atoms with Crippen molar-refractivity contribution >= 4 is 23.3 Å². The van der Waals surface area contributed by atoms with Crippen LogP contribution in [-0.4, -0.2) is 42.8 Å². The molecule has 1 atom stereocenters. The lowest BCUT2D eigenvalue weighted by molar-refractivity contribution is 0.0499. The lowest BCUT2D eigenvalue weighted by Crippen LogP contribution is -2.50. The van der Waals surface area contributed by atoms with Crippen molar-refractivity contribution in [1.82, 2.24) is 4.90 Å². The zero-order valence-electron chi connectivity index (χ0n) is 16.4. The number of nitrogens with zero attached hydrogens (tertiary/aromatic N) is 1. The predicted molar refractivity (Wildman–Crippen MR) is 112 cm³/mol. The first-order valence-corrected chi connectivity index (χ1v) is 9.89. The number of hydrogen-bond donors (Lipinski definition) is 2. The van der Waals surface area contributed by atoms with Gasteiger partial charge in [0.15, 0.2) is 0 Å². The molecule has 2 N–H and O–H groups in total. The molecule has 6 heteroatoms. The Balaban J connectivity index is 1.75. The van der Waals surface area contributed by atoms with Crippen molar-refractivity contribution < 1.29 is 14.6 Å². The number of likely N-dealkylation sites (tertiary alicyclic amines) is 1. The molecular formula is C22H27ClN2O3. The van der Waals surface area contributed by atoms with Gasteiger partial charge >= 0.3 is 6.03 Å². The molecule has 0 aromatic heterocycles. The molecule has 1 fully saturated rings. The average molecular weight is 403 g/mol. The van der Waals surface area contributed by atoms with Gasteiger partial charge in [-0.25, -0.2) is 4.79 Å². The molecule has 3 rings (SSSR count). The summed E-state index contributed by atoms with van der Waals surface area (Å²) >= 11 is 6.06. The number of aliphatic hydroxyl groups excluding tert-OH is 1. The van der Waals surface area contributed by atoms with Gasteiger partial charge in [-0.05, 0) is 55.5 Å². The maximum Gasteiger partial charge on any atom is 0.321 e. The van der Waals surface area contributed by atoms with Crippen LogP contribution in [-0.2, 0) is 6.42 Å². The number of carbonyl (C=O) groups is 1. The number of methoxy groups -OCH3 is 1. The molecule has 0 bridgehead atoms. The van der Waals surface area contributed by atoms with E-state index in [0.29, 0.717) is 29.5 Å². The van der Waals surface area contributed by atoms with Gasteiger partial charge in [-0.15, -0.1) is 0 Å². The fourth-order valence-electron chi connectivity index (χ4n) is 3.90. The van der Waals surface area contributed by atoms with Crippen molar-refractivity contribution in [3.05, 3.63) is 58.6 Å². The molecule has 2 amide bonds. The fraction of sp³-hybridized carbons (Fsp3) is 0.409. The van der Waals surface area contributed by atoms with Gasteiger partial charge in [0.05, 0.1) is 19.4 Å². The summed E-state index contributed by atoms with van der Waals surface area (Å²) < 4.78 is 5.31. The molecule has 150 valence electrons. The minimum atomic E-state index is -0.333. The van der Waals surface area contributed by atoms with E-state index in [2.05, 4.69) is 24.4 Å². The number of benzene rings is 2. The number of aliphatic hydroxyl groups is 1. The van der Waals surface area contributed by atoms with Crippen molar-refractivity contribution in [3.8, 4) is 5.75 Å². The minimum Gasteiger partial charge on any atom is -0.495 e. The molecular weight excluding hydrogens is 376 g/mol. The highest BCUT2D eigenvalue weighted by Crippen LogP contribution is 2.35. The smallest absolute Gasteiger partial charge is 0.321 e. The summed E-state index contributed by atoms with van der Waals surface area (Å²) in [4.78, 5) is 14.7. The number of amides is 2. The molecule has 0 spiro atoms. The first kappa shape index (κ1) is 20.5. The molecule has 5 nitrogen and oxygen atoms in total. The highest BCUT2D eigenvalue weighted by Gasteiger charge is 2.37. The first-order valence-electron chi connectivity index (χ1n) is 9.51. The van der Waals surface area contributed by atoms with Gasteiger partial charge in [-0.1, -0.05) is 35.9 Å². The number of anilines is 1. The Bertz CT molecular complexity index is 842. The molecule has 2 aromatic rings. The summed E-state index contributed by atoms with van der Waals surface area (Å²) in [5.41, 5.74) is 2.63. The SMILES string of the molecule is COc1ccc(Cl)cc1NC(=O)N1CCCC(CO)(Cc2ccccc2C)C1. The van der Waals surface area contributed by atoms with Crippen LogP contribution in [0.1, 0.15) is 24.0 Å². The second-order valence-corrected chi connectivity index (χ2v) is 8.00. The highest BCUT2D eigenvalue weighted by atomic mass is 35.5. The Kier molecular flexibility index (Phi) is 6.47. The van der Waals surface area contributed by atoms with E-state index < -0.39 is 0 Å². The molecule has 1 aliphatic heterocycles. The summed E-state index contributed by atoms with van der Waals surface area (Å²) in [6, 6.07) is 13.1. The lowest BCUT2D eigenvalue weighted by atomic mass is 9.75. The maximum atomic E-state index is 12.9. The fourth-order valence-corrected chi connectivity index (χ4v) is 4.07. The topological polar surface area (TPSA) is 61.8 Å². The van der Waals surface area contributed by atoms with Gasteiger partial charge in [0.2, 0.25) is 0 Å². The molecule has 28 heavy (non-hydrogen) atoms. The summed E-state index contributed by atoms with van der Waals surface area (Å²) in [7, 11) is 1.55. The summed E-state index contributed by atoms with van der Waals surface area (Å²) in [5.74, 6) is 0.558. The molecule has 1 unspecified atom stereocenters. The van der Waals surface area contributed by atoms with Crippen LogP contribution in [0.25, 0.3) is 0 Å². The second kappa shape index (κ2) is 8.84. The Morgan fingerprint density at radius 1 is 1.32 bits per heavy atom. The first-order chi connectivity index (χ1) is 13.5.